The summed E-state index contributed by atoms with van der Waals surface area (Å²) in [4.78, 5) is 15.8. The van der Waals surface area contributed by atoms with Gasteiger partial charge in [0, 0.05) is 18.4 Å². The Morgan fingerprint density at radius 1 is 1.50 bits per heavy atom. The van der Waals surface area contributed by atoms with E-state index < -0.39 is 0 Å². The number of rotatable bonds is 2. The van der Waals surface area contributed by atoms with Crippen LogP contribution in [0.4, 0.5) is 0 Å². The van der Waals surface area contributed by atoms with Crippen LogP contribution in [0.5, 0.6) is 0 Å². The molecular formula is C12H17ClN2O. The van der Waals surface area contributed by atoms with E-state index >= 15 is 0 Å². The van der Waals surface area contributed by atoms with Crippen LogP contribution in [0.1, 0.15) is 36.8 Å². The number of amides is 1. The van der Waals surface area contributed by atoms with Gasteiger partial charge in [-0.25, -0.2) is 0 Å². The maximum absolute atomic E-state index is 11.8. The zero-order chi connectivity index (χ0) is 12.3. The molecule has 1 rings (SSSR count). The number of carbonyl (C=O) groups excluding carboxylic acids is 1. The third-order valence-corrected chi connectivity index (χ3v) is 2.33. The Morgan fingerprint density at radius 3 is 2.62 bits per heavy atom. The van der Waals surface area contributed by atoms with Gasteiger partial charge in [-0.3, -0.25) is 9.78 Å². The van der Waals surface area contributed by atoms with Gasteiger partial charge in [0.05, 0.1) is 10.6 Å². The second kappa shape index (κ2) is 4.83. The summed E-state index contributed by atoms with van der Waals surface area (Å²) in [7, 11) is 0. The predicted octanol–water partition coefficient (Wildman–Crippen LogP) is 2.82. The van der Waals surface area contributed by atoms with Gasteiger partial charge in [-0.2, -0.15) is 0 Å². The molecule has 88 valence electrons. The third kappa shape index (κ3) is 3.81. The molecule has 0 spiro atoms. The van der Waals surface area contributed by atoms with Crippen LogP contribution >= 0.6 is 11.6 Å². The summed E-state index contributed by atoms with van der Waals surface area (Å²) in [5, 5.41) is 3.28. The van der Waals surface area contributed by atoms with Gasteiger partial charge in [0.25, 0.3) is 5.91 Å². The van der Waals surface area contributed by atoms with E-state index in [0.29, 0.717) is 17.1 Å². The summed E-state index contributed by atoms with van der Waals surface area (Å²) < 4.78 is 0. The van der Waals surface area contributed by atoms with E-state index in [-0.39, 0.29) is 11.3 Å². The van der Waals surface area contributed by atoms with E-state index in [0.717, 1.165) is 5.69 Å². The van der Waals surface area contributed by atoms with Crippen LogP contribution in [-0.2, 0) is 0 Å². The molecule has 0 radical (unpaired) electrons. The van der Waals surface area contributed by atoms with E-state index in [1.165, 1.54) is 6.20 Å². The number of hydrogen-bond donors (Lipinski definition) is 1. The SMILES string of the molecule is Cc1cc(Cl)c(C(=O)NCC(C)(C)C)cn1. The van der Waals surface area contributed by atoms with Crippen molar-refractivity contribution in [2.75, 3.05) is 6.54 Å². The smallest absolute Gasteiger partial charge is 0.254 e. The minimum Gasteiger partial charge on any atom is -0.351 e. The molecule has 0 aliphatic rings. The first kappa shape index (κ1) is 13.0. The van der Waals surface area contributed by atoms with Gasteiger partial charge in [0.1, 0.15) is 0 Å². The summed E-state index contributed by atoms with van der Waals surface area (Å²) in [5.74, 6) is -0.174. The molecule has 1 amide bonds. The fourth-order valence-corrected chi connectivity index (χ4v) is 1.43. The van der Waals surface area contributed by atoms with Gasteiger partial charge in [0.15, 0.2) is 0 Å². The molecule has 1 heterocycles. The highest BCUT2D eigenvalue weighted by Gasteiger charge is 2.15. The molecule has 0 saturated heterocycles. The number of aryl methyl sites for hydroxylation is 1. The minimum absolute atomic E-state index is 0.0558. The quantitative estimate of drug-likeness (QED) is 0.864. The first-order valence-electron chi connectivity index (χ1n) is 5.20. The largest absolute Gasteiger partial charge is 0.351 e. The number of aromatic nitrogens is 1. The lowest BCUT2D eigenvalue weighted by molar-refractivity contribution is 0.0939. The van der Waals surface area contributed by atoms with Gasteiger partial charge in [0.2, 0.25) is 0 Å². The molecule has 0 unspecified atom stereocenters. The topological polar surface area (TPSA) is 42.0 Å². The van der Waals surface area contributed by atoms with E-state index in [1.807, 2.05) is 6.92 Å². The van der Waals surface area contributed by atoms with E-state index in [1.54, 1.807) is 6.07 Å². The molecule has 0 fully saturated rings. The lowest BCUT2D eigenvalue weighted by Crippen LogP contribution is -2.32. The number of halogens is 1. The molecule has 1 aromatic rings. The fraction of sp³-hybridized carbons (Fsp3) is 0.500. The monoisotopic (exact) mass is 240 g/mol. The van der Waals surface area contributed by atoms with Crippen LogP contribution in [0.25, 0.3) is 0 Å². The number of hydrogen-bond acceptors (Lipinski definition) is 2. The van der Waals surface area contributed by atoms with Crippen LogP contribution in [0.2, 0.25) is 5.02 Å². The van der Waals surface area contributed by atoms with Gasteiger partial charge in [-0.1, -0.05) is 32.4 Å². The Hall–Kier alpha value is -1.09. The highest BCUT2D eigenvalue weighted by molar-refractivity contribution is 6.33. The van der Waals surface area contributed by atoms with E-state index in [2.05, 4.69) is 31.1 Å². The minimum atomic E-state index is -0.174. The van der Waals surface area contributed by atoms with E-state index in [9.17, 15) is 4.79 Å². The molecule has 0 aromatic carbocycles. The third-order valence-electron chi connectivity index (χ3n) is 2.01. The maximum Gasteiger partial charge on any atom is 0.254 e. The molecule has 0 saturated carbocycles. The number of nitrogens with zero attached hydrogens (tertiary/aromatic N) is 1. The molecular weight excluding hydrogens is 224 g/mol. The van der Waals surface area contributed by atoms with Crippen molar-refractivity contribution in [1.82, 2.24) is 10.3 Å². The molecule has 0 aliphatic heterocycles. The Morgan fingerprint density at radius 2 is 2.12 bits per heavy atom. The summed E-state index contributed by atoms with van der Waals surface area (Å²) >= 11 is 5.97. The zero-order valence-electron chi connectivity index (χ0n) is 10.1. The average molecular weight is 241 g/mol. The molecule has 0 bridgehead atoms. The summed E-state index contributed by atoms with van der Waals surface area (Å²) in [6.07, 6.45) is 1.51. The van der Waals surface area contributed by atoms with Crippen molar-refractivity contribution in [3.8, 4) is 0 Å². The normalized spacial score (nSPS) is 11.3. The van der Waals surface area contributed by atoms with Crippen molar-refractivity contribution in [3.05, 3.63) is 28.5 Å². The molecule has 0 aliphatic carbocycles. The predicted molar refractivity (Wildman–Crippen MR) is 65.8 cm³/mol. The second-order valence-corrected chi connectivity index (χ2v) is 5.46. The summed E-state index contributed by atoms with van der Waals surface area (Å²) in [6, 6.07) is 1.69. The zero-order valence-corrected chi connectivity index (χ0v) is 10.9. The molecule has 4 heteroatoms. The maximum atomic E-state index is 11.8. The number of nitrogens with one attached hydrogen (secondary N) is 1. The fourth-order valence-electron chi connectivity index (χ4n) is 1.13. The van der Waals surface area contributed by atoms with E-state index in [4.69, 9.17) is 11.6 Å². The summed E-state index contributed by atoms with van der Waals surface area (Å²) in [6.45, 7) is 8.62. The van der Waals surface area contributed by atoms with Crippen LogP contribution < -0.4 is 5.32 Å². The first-order valence-corrected chi connectivity index (χ1v) is 5.58. The molecule has 3 nitrogen and oxygen atoms in total. The lowest BCUT2D eigenvalue weighted by atomic mass is 9.97. The van der Waals surface area contributed by atoms with Crippen molar-refractivity contribution >= 4 is 17.5 Å². The van der Waals surface area contributed by atoms with Crippen LogP contribution in [0.15, 0.2) is 12.3 Å². The standard InChI is InChI=1S/C12H17ClN2O/c1-8-5-10(13)9(6-14-8)11(16)15-7-12(2,3)4/h5-6H,7H2,1-4H3,(H,15,16). The Bertz CT molecular complexity index is 396. The molecule has 0 atom stereocenters. The lowest BCUT2D eigenvalue weighted by Gasteiger charge is -2.18. The number of carbonyl (C=O) groups is 1. The Kier molecular flexibility index (Phi) is 3.92. The van der Waals surface area contributed by atoms with Gasteiger partial charge >= 0.3 is 0 Å². The van der Waals surface area contributed by atoms with Crippen molar-refractivity contribution in [3.63, 3.8) is 0 Å². The highest BCUT2D eigenvalue weighted by atomic mass is 35.5. The Balaban J connectivity index is 2.74. The van der Waals surface area contributed by atoms with Gasteiger partial charge < -0.3 is 5.32 Å². The molecule has 1 aromatic heterocycles. The summed E-state index contributed by atoms with van der Waals surface area (Å²) in [5.41, 5.74) is 1.29. The van der Waals surface area contributed by atoms with Crippen LogP contribution in [0, 0.1) is 12.3 Å². The van der Waals surface area contributed by atoms with Crippen molar-refractivity contribution in [2.45, 2.75) is 27.7 Å². The van der Waals surface area contributed by atoms with Crippen molar-refractivity contribution < 1.29 is 4.79 Å². The van der Waals surface area contributed by atoms with Crippen molar-refractivity contribution in [2.24, 2.45) is 5.41 Å². The van der Waals surface area contributed by atoms with Crippen LogP contribution in [-0.4, -0.2) is 17.4 Å². The Labute approximate surface area is 101 Å². The number of pyridine rings is 1. The molecule has 1 N–H and O–H groups in total. The van der Waals surface area contributed by atoms with Crippen LogP contribution in [0.3, 0.4) is 0 Å². The van der Waals surface area contributed by atoms with Gasteiger partial charge in [-0.15, -0.1) is 0 Å². The second-order valence-electron chi connectivity index (χ2n) is 5.05. The molecule has 16 heavy (non-hydrogen) atoms. The van der Waals surface area contributed by atoms with Gasteiger partial charge in [-0.05, 0) is 18.4 Å². The highest BCUT2D eigenvalue weighted by Crippen LogP contribution is 2.16. The first-order chi connectivity index (χ1) is 7.29. The van der Waals surface area contributed by atoms with Crippen molar-refractivity contribution in [1.29, 1.82) is 0 Å². The average Bonchev–Trinajstić information content (AvgIpc) is 2.13.